The molecule has 1 fully saturated rings. The number of non-ortho nitro benzene ring substituents is 1. The summed E-state index contributed by atoms with van der Waals surface area (Å²) in [7, 11) is 0. The van der Waals surface area contributed by atoms with Crippen LogP contribution in [-0.4, -0.2) is 41.9 Å². The van der Waals surface area contributed by atoms with Crippen LogP contribution in [0.15, 0.2) is 42.5 Å². The van der Waals surface area contributed by atoms with Gasteiger partial charge in [-0.15, -0.1) is 0 Å². The normalized spacial score (nSPS) is 17.3. The maximum atomic E-state index is 12.3. The minimum absolute atomic E-state index is 0.0365. The Kier molecular flexibility index (Phi) is 8.08. The maximum Gasteiger partial charge on any atom is 0.330 e. The number of nitrogens with zero attached hydrogens (tertiary/aromatic N) is 1. The van der Waals surface area contributed by atoms with E-state index in [1.165, 1.54) is 48.6 Å². The van der Waals surface area contributed by atoms with E-state index in [1.54, 1.807) is 6.92 Å². The molecular formula is C20H23N3O6. The Balaban J connectivity index is 2.01. The number of hydrogen-bond donors (Lipinski definition) is 2. The third-order valence-corrected chi connectivity index (χ3v) is 4.31. The molecular weight excluding hydrogens is 378 g/mol. The van der Waals surface area contributed by atoms with Gasteiger partial charge >= 0.3 is 5.97 Å². The van der Waals surface area contributed by atoms with Crippen LogP contribution in [0.5, 0.6) is 0 Å². The molecule has 1 aliphatic rings. The van der Waals surface area contributed by atoms with Gasteiger partial charge in [-0.25, -0.2) is 4.79 Å². The van der Waals surface area contributed by atoms with Crippen LogP contribution < -0.4 is 10.6 Å². The van der Waals surface area contributed by atoms with Gasteiger partial charge in [0.15, 0.2) is 0 Å². The van der Waals surface area contributed by atoms with E-state index in [0.29, 0.717) is 24.9 Å². The van der Waals surface area contributed by atoms with Crippen LogP contribution in [0.1, 0.15) is 25.3 Å². The smallest absolute Gasteiger partial charge is 0.330 e. The van der Waals surface area contributed by atoms with E-state index in [1.807, 2.05) is 0 Å². The summed E-state index contributed by atoms with van der Waals surface area (Å²) in [4.78, 5) is 45.8. The summed E-state index contributed by atoms with van der Waals surface area (Å²) < 4.78 is 4.84. The Morgan fingerprint density at radius 2 is 2.07 bits per heavy atom. The zero-order valence-electron chi connectivity index (χ0n) is 16.0. The van der Waals surface area contributed by atoms with Gasteiger partial charge in [0.1, 0.15) is 0 Å². The van der Waals surface area contributed by atoms with Crippen molar-refractivity contribution in [3.05, 3.63) is 58.2 Å². The molecule has 1 aromatic rings. The number of nitrogens with one attached hydrogen (secondary N) is 2. The fourth-order valence-corrected chi connectivity index (χ4v) is 2.86. The van der Waals surface area contributed by atoms with E-state index in [2.05, 4.69) is 10.6 Å². The second-order valence-electron chi connectivity index (χ2n) is 6.42. The predicted octanol–water partition coefficient (Wildman–Crippen LogP) is 1.74. The van der Waals surface area contributed by atoms with E-state index >= 15 is 0 Å². The zero-order valence-corrected chi connectivity index (χ0v) is 16.0. The van der Waals surface area contributed by atoms with Crippen molar-refractivity contribution in [3.63, 3.8) is 0 Å². The van der Waals surface area contributed by atoms with E-state index in [0.717, 1.165) is 0 Å². The summed E-state index contributed by atoms with van der Waals surface area (Å²) in [6, 6.07) is 5.23. The number of amides is 2. The molecule has 0 saturated carbocycles. The molecule has 1 aromatic carbocycles. The molecule has 9 nitrogen and oxygen atoms in total. The first-order chi connectivity index (χ1) is 13.9. The number of hydrogen-bond acceptors (Lipinski definition) is 6. The standard InChI is InChI=1S/C20H23N3O6/c1-2-29-19(25)10-6-16(13-15-11-12-21-20(15)26)22-18(24)9-5-14-3-7-17(8-4-14)23(27)28/h3-10,15-16H,2,11-13H2,1H3,(H,21,26)(H,22,24)/b9-5+,10-6+. The first-order valence-electron chi connectivity index (χ1n) is 9.24. The second kappa shape index (κ2) is 10.7. The Morgan fingerprint density at radius 3 is 2.66 bits per heavy atom. The van der Waals surface area contributed by atoms with Crippen LogP contribution in [0, 0.1) is 16.0 Å². The molecule has 0 radical (unpaired) electrons. The Bertz CT molecular complexity index is 816. The molecule has 154 valence electrons. The summed E-state index contributed by atoms with van der Waals surface area (Å²) in [6.07, 6.45) is 6.59. The van der Waals surface area contributed by atoms with Gasteiger partial charge in [0, 0.05) is 42.8 Å². The van der Waals surface area contributed by atoms with Crippen LogP contribution >= 0.6 is 0 Å². The summed E-state index contributed by atoms with van der Waals surface area (Å²) >= 11 is 0. The van der Waals surface area contributed by atoms with Crippen molar-refractivity contribution in [2.45, 2.75) is 25.8 Å². The third kappa shape index (κ3) is 7.21. The van der Waals surface area contributed by atoms with E-state index in [-0.39, 0.29) is 24.1 Å². The van der Waals surface area contributed by atoms with Crippen molar-refractivity contribution in [1.82, 2.24) is 10.6 Å². The molecule has 1 aliphatic heterocycles. The number of rotatable bonds is 9. The summed E-state index contributed by atoms with van der Waals surface area (Å²) in [5.74, 6) is -1.26. The molecule has 2 atom stereocenters. The molecule has 2 rings (SSSR count). The lowest BCUT2D eigenvalue weighted by atomic mass is 9.98. The number of nitro benzene ring substituents is 1. The molecule has 2 amide bonds. The maximum absolute atomic E-state index is 12.3. The first-order valence-corrected chi connectivity index (χ1v) is 9.24. The van der Waals surface area contributed by atoms with Crippen molar-refractivity contribution in [1.29, 1.82) is 0 Å². The van der Waals surface area contributed by atoms with Crippen molar-refractivity contribution < 1.29 is 24.0 Å². The number of carbonyl (C=O) groups is 3. The lowest BCUT2D eigenvalue weighted by Crippen LogP contribution is -2.35. The minimum atomic E-state index is -0.526. The van der Waals surface area contributed by atoms with Crippen molar-refractivity contribution in [2.75, 3.05) is 13.2 Å². The minimum Gasteiger partial charge on any atom is -0.463 e. The van der Waals surface area contributed by atoms with Crippen molar-refractivity contribution in [3.8, 4) is 0 Å². The SMILES string of the molecule is CCOC(=O)/C=C/C(CC1CCNC1=O)NC(=O)/C=C/c1ccc([N+](=O)[O-])cc1. The second-order valence-corrected chi connectivity index (χ2v) is 6.42. The molecule has 0 spiro atoms. The molecule has 0 aliphatic carbocycles. The molecule has 1 saturated heterocycles. The average Bonchev–Trinajstić information content (AvgIpc) is 3.09. The first kappa shape index (κ1) is 21.8. The number of nitro groups is 1. The van der Waals surface area contributed by atoms with E-state index in [9.17, 15) is 24.5 Å². The molecule has 2 N–H and O–H groups in total. The lowest BCUT2D eigenvalue weighted by molar-refractivity contribution is -0.384. The van der Waals surface area contributed by atoms with Gasteiger partial charge in [-0.2, -0.15) is 0 Å². The highest BCUT2D eigenvalue weighted by Crippen LogP contribution is 2.17. The highest BCUT2D eigenvalue weighted by molar-refractivity contribution is 5.92. The number of carbonyl (C=O) groups excluding carboxylic acids is 3. The predicted molar refractivity (Wildman–Crippen MR) is 106 cm³/mol. The van der Waals surface area contributed by atoms with Crippen LogP contribution in [0.4, 0.5) is 5.69 Å². The molecule has 1 heterocycles. The molecule has 9 heteroatoms. The highest BCUT2D eigenvalue weighted by Gasteiger charge is 2.26. The number of benzene rings is 1. The molecule has 0 aromatic heterocycles. The van der Waals surface area contributed by atoms with Crippen molar-refractivity contribution in [2.24, 2.45) is 5.92 Å². The van der Waals surface area contributed by atoms with Gasteiger partial charge in [-0.3, -0.25) is 19.7 Å². The van der Waals surface area contributed by atoms with Crippen LogP contribution in [-0.2, 0) is 19.1 Å². The fraction of sp³-hybridized carbons (Fsp3) is 0.350. The van der Waals surface area contributed by atoms with E-state index in [4.69, 9.17) is 4.74 Å². The topological polar surface area (TPSA) is 128 Å². The van der Waals surface area contributed by atoms with Crippen molar-refractivity contribution >= 4 is 29.5 Å². The van der Waals surface area contributed by atoms with Crippen LogP contribution in [0.3, 0.4) is 0 Å². The number of ether oxygens (including phenoxy) is 1. The fourth-order valence-electron chi connectivity index (χ4n) is 2.86. The van der Waals surface area contributed by atoms with Gasteiger partial charge in [0.2, 0.25) is 11.8 Å². The van der Waals surface area contributed by atoms with Gasteiger partial charge in [-0.05, 0) is 43.5 Å². The Morgan fingerprint density at radius 1 is 1.34 bits per heavy atom. The van der Waals surface area contributed by atoms with Gasteiger partial charge in [0.25, 0.3) is 5.69 Å². The quantitative estimate of drug-likeness (QED) is 0.281. The van der Waals surface area contributed by atoms with Gasteiger partial charge < -0.3 is 15.4 Å². The molecule has 0 bridgehead atoms. The molecule has 2 unspecified atom stereocenters. The third-order valence-electron chi connectivity index (χ3n) is 4.31. The van der Waals surface area contributed by atoms with Crippen LogP contribution in [0.2, 0.25) is 0 Å². The zero-order chi connectivity index (χ0) is 21.2. The average molecular weight is 401 g/mol. The summed E-state index contributed by atoms with van der Waals surface area (Å²) in [6.45, 7) is 2.52. The van der Waals surface area contributed by atoms with E-state index < -0.39 is 22.8 Å². The Hall–Kier alpha value is -3.49. The highest BCUT2D eigenvalue weighted by atomic mass is 16.6. The van der Waals surface area contributed by atoms with Gasteiger partial charge in [-0.1, -0.05) is 6.08 Å². The number of esters is 1. The monoisotopic (exact) mass is 401 g/mol. The van der Waals surface area contributed by atoms with Crippen LogP contribution in [0.25, 0.3) is 6.08 Å². The summed E-state index contributed by atoms with van der Waals surface area (Å²) in [5, 5.41) is 16.2. The Labute approximate surface area is 168 Å². The summed E-state index contributed by atoms with van der Waals surface area (Å²) in [5.41, 5.74) is 0.588. The van der Waals surface area contributed by atoms with Gasteiger partial charge in [0.05, 0.1) is 11.5 Å². The molecule has 29 heavy (non-hydrogen) atoms. The lowest BCUT2D eigenvalue weighted by Gasteiger charge is -2.17. The largest absolute Gasteiger partial charge is 0.463 e.